The Kier molecular flexibility index (Phi) is 3.04. The average molecular weight is 268 g/mol. The van der Waals surface area contributed by atoms with E-state index in [0.717, 1.165) is 5.39 Å². The number of nitrogens with zero attached hydrogens (tertiary/aromatic N) is 2. The van der Waals surface area contributed by atoms with Crippen molar-refractivity contribution in [1.29, 1.82) is 0 Å². The number of nitrogens with one attached hydrogen (secondary N) is 2. The molecule has 0 saturated heterocycles. The molecule has 6 nitrogen and oxygen atoms in total. The second-order valence-corrected chi connectivity index (χ2v) is 4.16. The molecule has 0 spiro atoms. The summed E-state index contributed by atoms with van der Waals surface area (Å²) in [5.74, 6) is 1.02. The normalized spacial score (nSPS) is 10.4. The number of rotatable bonds is 3. The van der Waals surface area contributed by atoms with E-state index in [1.807, 2.05) is 6.07 Å². The average Bonchev–Trinajstić information content (AvgIpc) is 2.91. The van der Waals surface area contributed by atoms with Crippen LogP contribution in [0.3, 0.4) is 0 Å². The van der Waals surface area contributed by atoms with E-state index >= 15 is 0 Å². The molecular weight excluding hydrogens is 256 g/mol. The fraction of sp³-hybridized carbons (Fsp3) is 0.0714. The summed E-state index contributed by atoms with van der Waals surface area (Å²) in [6.45, 7) is 0. The maximum atomic E-state index is 12.1. The standard InChI is InChI=1S/C14H12N4O2/c1-20-10-6-4-9(5-7-10)14(19)16-13-11-3-2-8-15-12(11)17-18-13/h2-8H,1H3,(H2,15,16,17,18,19). The Bertz CT molecular complexity index is 749. The van der Waals surface area contributed by atoms with Crippen molar-refractivity contribution < 1.29 is 9.53 Å². The lowest BCUT2D eigenvalue weighted by Gasteiger charge is -2.04. The highest BCUT2D eigenvalue weighted by atomic mass is 16.5. The van der Waals surface area contributed by atoms with E-state index in [2.05, 4.69) is 20.5 Å². The summed E-state index contributed by atoms with van der Waals surface area (Å²) in [6, 6.07) is 10.5. The van der Waals surface area contributed by atoms with Gasteiger partial charge in [-0.05, 0) is 36.4 Å². The lowest BCUT2D eigenvalue weighted by molar-refractivity contribution is 0.102. The quantitative estimate of drug-likeness (QED) is 0.763. The van der Waals surface area contributed by atoms with Gasteiger partial charge in [0.2, 0.25) is 0 Å². The van der Waals surface area contributed by atoms with Crippen molar-refractivity contribution in [2.24, 2.45) is 0 Å². The molecule has 0 atom stereocenters. The van der Waals surface area contributed by atoms with Crippen LogP contribution in [-0.4, -0.2) is 28.2 Å². The van der Waals surface area contributed by atoms with Crippen LogP contribution in [0.15, 0.2) is 42.6 Å². The van der Waals surface area contributed by atoms with Gasteiger partial charge < -0.3 is 10.1 Å². The van der Waals surface area contributed by atoms with Gasteiger partial charge in [0.15, 0.2) is 5.65 Å². The number of amides is 1. The van der Waals surface area contributed by atoms with Gasteiger partial charge in [0.05, 0.1) is 12.5 Å². The van der Waals surface area contributed by atoms with Crippen LogP contribution < -0.4 is 10.1 Å². The summed E-state index contributed by atoms with van der Waals surface area (Å²) >= 11 is 0. The second kappa shape index (κ2) is 5.00. The number of hydrogen-bond donors (Lipinski definition) is 2. The van der Waals surface area contributed by atoms with E-state index in [0.29, 0.717) is 22.8 Å². The van der Waals surface area contributed by atoms with E-state index in [4.69, 9.17) is 4.74 Å². The number of methoxy groups -OCH3 is 1. The molecule has 0 aliphatic carbocycles. The van der Waals surface area contributed by atoms with Crippen LogP contribution >= 0.6 is 0 Å². The molecule has 1 amide bonds. The minimum atomic E-state index is -0.220. The Hall–Kier alpha value is -2.89. The highest BCUT2D eigenvalue weighted by Gasteiger charge is 2.10. The third-order valence-electron chi connectivity index (χ3n) is 2.92. The summed E-state index contributed by atoms with van der Waals surface area (Å²) in [7, 11) is 1.58. The van der Waals surface area contributed by atoms with Gasteiger partial charge in [-0.1, -0.05) is 0 Å². The predicted octanol–water partition coefficient (Wildman–Crippen LogP) is 2.22. The van der Waals surface area contributed by atoms with Crippen LogP contribution in [0.5, 0.6) is 5.75 Å². The zero-order chi connectivity index (χ0) is 13.9. The van der Waals surface area contributed by atoms with Crippen LogP contribution in [0.1, 0.15) is 10.4 Å². The molecule has 20 heavy (non-hydrogen) atoms. The van der Waals surface area contributed by atoms with Gasteiger partial charge in [-0.25, -0.2) is 4.98 Å². The minimum Gasteiger partial charge on any atom is -0.497 e. The van der Waals surface area contributed by atoms with Crippen LogP contribution in [0, 0.1) is 0 Å². The Balaban J connectivity index is 1.84. The summed E-state index contributed by atoms with van der Waals surface area (Å²) in [4.78, 5) is 16.2. The highest BCUT2D eigenvalue weighted by molar-refractivity contribution is 6.07. The zero-order valence-corrected chi connectivity index (χ0v) is 10.8. The first-order chi connectivity index (χ1) is 9.78. The molecule has 100 valence electrons. The Labute approximate surface area is 114 Å². The van der Waals surface area contributed by atoms with E-state index < -0.39 is 0 Å². The fourth-order valence-electron chi connectivity index (χ4n) is 1.87. The number of anilines is 1. The van der Waals surface area contributed by atoms with Crippen molar-refractivity contribution in [2.45, 2.75) is 0 Å². The number of carbonyl (C=O) groups is 1. The molecule has 0 unspecified atom stereocenters. The Morgan fingerprint density at radius 3 is 2.80 bits per heavy atom. The van der Waals surface area contributed by atoms with E-state index in [9.17, 15) is 4.79 Å². The van der Waals surface area contributed by atoms with Gasteiger partial charge in [-0.2, -0.15) is 5.10 Å². The van der Waals surface area contributed by atoms with Crippen molar-refractivity contribution in [3.8, 4) is 5.75 Å². The van der Waals surface area contributed by atoms with Crippen LogP contribution in [0.4, 0.5) is 5.82 Å². The second-order valence-electron chi connectivity index (χ2n) is 4.16. The smallest absolute Gasteiger partial charge is 0.256 e. The third kappa shape index (κ3) is 2.18. The lowest BCUT2D eigenvalue weighted by atomic mass is 10.2. The minimum absolute atomic E-state index is 0.220. The molecule has 0 radical (unpaired) electrons. The number of benzene rings is 1. The number of aromatic nitrogens is 3. The van der Waals surface area contributed by atoms with Gasteiger partial charge in [-0.15, -0.1) is 0 Å². The van der Waals surface area contributed by atoms with E-state index in [1.54, 1.807) is 43.6 Å². The van der Waals surface area contributed by atoms with Crippen LogP contribution in [0.2, 0.25) is 0 Å². The van der Waals surface area contributed by atoms with E-state index in [-0.39, 0.29) is 5.91 Å². The maximum Gasteiger partial charge on any atom is 0.256 e. The number of H-pyrrole nitrogens is 1. The maximum absolute atomic E-state index is 12.1. The van der Waals surface area contributed by atoms with Crippen LogP contribution in [0.25, 0.3) is 11.0 Å². The van der Waals surface area contributed by atoms with Crippen molar-refractivity contribution in [3.63, 3.8) is 0 Å². The number of hydrogen-bond acceptors (Lipinski definition) is 4. The van der Waals surface area contributed by atoms with Gasteiger partial charge >= 0.3 is 0 Å². The Morgan fingerprint density at radius 1 is 1.25 bits per heavy atom. The summed E-state index contributed by atoms with van der Waals surface area (Å²) in [5.41, 5.74) is 1.11. The molecule has 3 aromatic rings. The topological polar surface area (TPSA) is 79.9 Å². The molecule has 2 aromatic heterocycles. The summed E-state index contributed by atoms with van der Waals surface area (Å²) in [5, 5.41) is 10.3. The number of fused-ring (bicyclic) bond motifs is 1. The molecule has 6 heteroatoms. The summed E-state index contributed by atoms with van der Waals surface area (Å²) < 4.78 is 5.06. The molecular formula is C14H12N4O2. The molecule has 0 bridgehead atoms. The fourth-order valence-corrected chi connectivity index (χ4v) is 1.87. The molecule has 0 fully saturated rings. The number of ether oxygens (including phenoxy) is 1. The van der Waals surface area contributed by atoms with Gasteiger partial charge in [0.25, 0.3) is 5.91 Å². The zero-order valence-electron chi connectivity index (χ0n) is 10.8. The Morgan fingerprint density at radius 2 is 2.05 bits per heavy atom. The number of aromatic amines is 1. The molecule has 0 saturated carbocycles. The van der Waals surface area contributed by atoms with Gasteiger partial charge in [-0.3, -0.25) is 9.89 Å². The first-order valence-electron chi connectivity index (χ1n) is 6.02. The number of pyridine rings is 1. The SMILES string of the molecule is COc1ccc(C(=O)Nc2[nH]nc3ncccc23)cc1. The molecule has 3 rings (SSSR count). The third-order valence-corrected chi connectivity index (χ3v) is 2.92. The highest BCUT2D eigenvalue weighted by Crippen LogP contribution is 2.19. The number of carbonyl (C=O) groups excluding carboxylic acids is 1. The largest absolute Gasteiger partial charge is 0.497 e. The van der Waals surface area contributed by atoms with Crippen molar-refractivity contribution >= 4 is 22.8 Å². The van der Waals surface area contributed by atoms with Crippen molar-refractivity contribution in [1.82, 2.24) is 15.2 Å². The summed E-state index contributed by atoms with van der Waals surface area (Å²) in [6.07, 6.45) is 1.65. The lowest BCUT2D eigenvalue weighted by Crippen LogP contribution is -2.12. The van der Waals surface area contributed by atoms with E-state index in [1.165, 1.54) is 0 Å². The van der Waals surface area contributed by atoms with Gasteiger partial charge in [0.1, 0.15) is 11.6 Å². The molecule has 2 N–H and O–H groups in total. The molecule has 2 heterocycles. The first-order valence-corrected chi connectivity index (χ1v) is 6.02. The van der Waals surface area contributed by atoms with Crippen molar-refractivity contribution in [2.75, 3.05) is 12.4 Å². The van der Waals surface area contributed by atoms with Crippen molar-refractivity contribution in [3.05, 3.63) is 48.2 Å². The molecule has 0 aliphatic rings. The molecule has 1 aromatic carbocycles. The first kappa shape index (κ1) is 12.2. The predicted molar refractivity (Wildman–Crippen MR) is 74.8 cm³/mol. The van der Waals surface area contributed by atoms with Gasteiger partial charge in [0, 0.05) is 11.8 Å². The van der Waals surface area contributed by atoms with Crippen LogP contribution in [-0.2, 0) is 0 Å². The monoisotopic (exact) mass is 268 g/mol. The molecule has 0 aliphatic heterocycles.